The summed E-state index contributed by atoms with van der Waals surface area (Å²) in [7, 11) is 0. The van der Waals surface area contributed by atoms with Crippen LogP contribution in [0.1, 0.15) is 6.92 Å². The Labute approximate surface area is 190 Å². The maximum absolute atomic E-state index is 12.5. The number of hydrogen-bond donors (Lipinski definition) is 2. The summed E-state index contributed by atoms with van der Waals surface area (Å²) in [6.45, 7) is 1.02. The topological polar surface area (TPSA) is 113 Å². The van der Waals surface area contributed by atoms with E-state index in [1.807, 2.05) is 0 Å². The first-order valence-corrected chi connectivity index (χ1v) is 11.4. The van der Waals surface area contributed by atoms with E-state index in [2.05, 4.69) is 5.32 Å². The Balaban J connectivity index is 1.62. The number of thioether (sulfide) groups is 2. The highest BCUT2D eigenvalue weighted by molar-refractivity contribution is 8.00. The molecule has 0 aliphatic carbocycles. The minimum absolute atomic E-state index is 0.0389. The summed E-state index contributed by atoms with van der Waals surface area (Å²) in [5.74, 6) is -2.41. The minimum Gasteiger partial charge on any atom is -0.477 e. The molecule has 30 heavy (non-hydrogen) atoms. The molecule has 2 N–H and O–H groups in total. The number of esters is 1. The summed E-state index contributed by atoms with van der Waals surface area (Å²) in [6.07, 6.45) is 0. The summed E-state index contributed by atoms with van der Waals surface area (Å²) < 4.78 is 4.88. The van der Waals surface area contributed by atoms with E-state index in [1.165, 1.54) is 30.4 Å². The van der Waals surface area contributed by atoms with Crippen molar-refractivity contribution in [2.24, 2.45) is 0 Å². The second-order valence-electron chi connectivity index (χ2n) is 6.39. The summed E-state index contributed by atoms with van der Waals surface area (Å²) in [5, 5.41) is 12.5. The van der Waals surface area contributed by atoms with Crippen LogP contribution in [0.4, 0.5) is 0 Å². The van der Waals surface area contributed by atoms with Crippen molar-refractivity contribution >= 4 is 70.5 Å². The first kappa shape index (κ1) is 22.8. The zero-order chi connectivity index (χ0) is 22.0. The molecule has 12 heteroatoms. The molecule has 0 aromatic heterocycles. The minimum atomic E-state index is -1.28. The second kappa shape index (κ2) is 9.51. The average Bonchev–Trinajstić information content (AvgIpc) is 2.67. The van der Waals surface area contributed by atoms with Gasteiger partial charge in [-0.2, -0.15) is 0 Å². The summed E-state index contributed by atoms with van der Waals surface area (Å²) in [5.41, 5.74) is 0.143. The van der Waals surface area contributed by atoms with Gasteiger partial charge in [0.2, 0.25) is 5.91 Å². The number of carbonyl (C=O) groups excluding carboxylic acids is 3. The third-order valence-corrected chi connectivity index (χ3v) is 6.97. The number of carboxylic acid groups (broad SMARTS) is 1. The molecular weight excluding hydrogens is 475 g/mol. The van der Waals surface area contributed by atoms with Crippen LogP contribution in [-0.4, -0.2) is 63.3 Å². The van der Waals surface area contributed by atoms with Gasteiger partial charge in [0.25, 0.3) is 5.91 Å². The number of nitrogens with zero attached hydrogens (tertiary/aromatic N) is 1. The van der Waals surface area contributed by atoms with Crippen molar-refractivity contribution in [2.75, 3.05) is 18.1 Å². The lowest BCUT2D eigenvalue weighted by Gasteiger charge is -2.49. The second-order valence-corrected chi connectivity index (χ2v) is 9.41. The third kappa shape index (κ3) is 5.05. The lowest BCUT2D eigenvalue weighted by Crippen LogP contribution is -2.70. The molecule has 0 saturated carbocycles. The van der Waals surface area contributed by atoms with Crippen molar-refractivity contribution in [3.05, 3.63) is 39.5 Å². The van der Waals surface area contributed by atoms with Crippen LogP contribution in [0.3, 0.4) is 0 Å². The molecule has 2 aliphatic heterocycles. The van der Waals surface area contributed by atoms with Crippen LogP contribution >= 0.6 is 46.7 Å². The van der Waals surface area contributed by atoms with Crippen LogP contribution in [0.25, 0.3) is 0 Å². The number of hydrogen-bond acceptors (Lipinski definition) is 7. The van der Waals surface area contributed by atoms with E-state index in [0.717, 1.165) is 4.90 Å². The number of halogens is 2. The van der Waals surface area contributed by atoms with Gasteiger partial charge in [-0.3, -0.25) is 19.3 Å². The number of β-lactam (4-membered cyclic amide) rings is 1. The lowest BCUT2D eigenvalue weighted by molar-refractivity contribution is -0.150. The molecule has 1 aromatic carbocycles. The van der Waals surface area contributed by atoms with E-state index in [9.17, 15) is 24.3 Å². The number of fused-ring (bicyclic) bond motifs is 1. The van der Waals surface area contributed by atoms with Gasteiger partial charge in [-0.15, -0.1) is 23.5 Å². The summed E-state index contributed by atoms with van der Waals surface area (Å²) in [4.78, 5) is 49.4. The Morgan fingerprint density at radius 2 is 1.97 bits per heavy atom. The molecule has 2 amide bonds. The zero-order valence-corrected chi connectivity index (χ0v) is 18.7. The Kier molecular flexibility index (Phi) is 7.22. The molecule has 0 spiro atoms. The number of carboxylic acids is 1. The van der Waals surface area contributed by atoms with Gasteiger partial charge in [-0.25, -0.2) is 4.79 Å². The number of nitrogens with one attached hydrogen (secondary N) is 1. The molecule has 2 atom stereocenters. The fourth-order valence-corrected chi connectivity index (χ4v) is 5.74. The van der Waals surface area contributed by atoms with Crippen LogP contribution < -0.4 is 5.32 Å². The van der Waals surface area contributed by atoms with E-state index >= 15 is 0 Å². The van der Waals surface area contributed by atoms with Crippen molar-refractivity contribution in [3.8, 4) is 0 Å². The monoisotopic (exact) mass is 490 g/mol. The van der Waals surface area contributed by atoms with E-state index in [1.54, 1.807) is 18.2 Å². The van der Waals surface area contributed by atoms with Gasteiger partial charge in [0.05, 0.1) is 5.75 Å². The van der Waals surface area contributed by atoms with Crippen molar-refractivity contribution in [2.45, 2.75) is 23.2 Å². The smallest absolute Gasteiger partial charge is 0.352 e. The molecule has 2 heterocycles. The number of amides is 2. The number of benzene rings is 1. The normalized spacial score (nSPS) is 20.4. The maximum atomic E-state index is 12.5. The lowest BCUT2D eigenvalue weighted by atomic mass is 10.0. The fourth-order valence-electron chi connectivity index (χ4n) is 2.96. The van der Waals surface area contributed by atoms with Crippen molar-refractivity contribution in [1.29, 1.82) is 0 Å². The number of aliphatic carboxylic acids is 1. The molecule has 1 fully saturated rings. The Bertz CT molecular complexity index is 934. The van der Waals surface area contributed by atoms with Crippen LogP contribution in [0.15, 0.2) is 34.4 Å². The first-order valence-electron chi connectivity index (χ1n) is 8.59. The van der Waals surface area contributed by atoms with Crippen LogP contribution in [-0.2, 0) is 23.9 Å². The van der Waals surface area contributed by atoms with Crippen LogP contribution in [0, 0.1) is 0 Å². The van der Waals surface area contributed by atoms with Gasteiger partial charge in [-0.05, 0) is 18.2 Å². The molecule has 1 saturated heterocycles. The Hall–Kier alpha value is -1.88. The van der Waals surface area contributed by atoms with Gasteiger partial charge in [0.1, 0.15) is 23.7 Å². The van der Waals surface area contributed by atoms with Crippen molar-refractivity contribution in [1.82, 2.24) is 10.2 Å². The van der Waals surface area contributed by atoms with Gasteiger partial charge in [0.15, 0.2) is 0 Å². The van der Waals surface area contributed by atoms with E-state index in [-0.39, 0.29) is 29.7 Å². The van der Waals surface area contributed by atoms with Gasteiger partial charge in [-0.1, -0.05) is 23.2 Å². The number of carbonyl (C=O) groups is 4. The molecule has 0 bridgehead atoms. The third-order valence-electron chi connectivity index (χ3n) is 4.22. The molecule has 1 aromatic rings. The van der Waals surface area contributed by atoms with E-state index in [4.69, 9.17) is 27.9 Å². The highest BCUT2D eigenvalue weighted by Crippen LogP contribution is 2.40. The summed E-state index contributed by atoms with van der Waals surface area (Å²) in [6, 6.07) is 4.11. The van der Waals surface area contributed by atoms with E-state index in [0.29, 0.717) is 20.5 Å². The molecule has 8 nitrogen and oxygen atoms in total. The Morgan fingerprint density at radius 3 is 2.57 bits per heavy atom. The van der Waals surface area contributed by atoms with Crippen molar-refractivity contribution < 1.29 is 29.0 Å². The average molecular weight is 491 g/mol. The molecule has 2 aliphatic rings. The largest absolute Gasteiger partial charge is 0.477 e. The highest BCUT2D eigenvalue weighted by Gasteiger charge is 2.54. The molecule has 3 rings (SSSR count). The standard InChI is InChI=1S/C18H16Cl2N2O6S2/c1-8(23)28-5-9-6-30-17-14(16(25)22(17)15(9)18(26)27)21-13(24)7-29-12-3-10(19)2-11(20)4-12/h2-4,14,17H,5-7H2,1H3,(H,21,24)(H,26,27)/t14-,17-/m1/s1. The molecular formula is C18H16Cl2N2O6S2. The quantitative estimate of drug-likeness (QED) is 0.340. The fraction of sp³-hybridized carbons (Fsp3) is 0.333. The Morgan fingerprint density at radius 1 is 1.30 bits per heavy atom. The predicted molar refractivity (Wildman–Crippen MR) is 114 cm³/mol. The maximum Gasteiger partial charge on any atom is 0.352 e. The van der Waals surface area contributed by atoms with Gasteiger partial charge in [0, 0.05) is 33.2 Å². The molecule has 0 unspecified atom stereocenters. The van der Waals surface area contributed by atoms with E-state index < -0.39 is 29.3 Å². The molecule has 0 radical (unpaired) electrons. The van der Waals surface area contributed by atoms with Crippen LogP contribution in [0.5, 0.6) is 0 Å². The SMILES string of the molecule is CC(=O)OCC1=C(C(=O)O)N2C(=O)[C@@H](NC(=O)CSc3cc(Cl)cc(Cl)c3)[C@H]2SC1. The summed E-state index contributed by atoms with van der Waals surface area (Å²) >= 11 is 14.4. The van der Waals surface area contributed by atoms with Crippen LogP contribution in [0.2, 0.25) is 10.0 Å². The van der Waals surface area contributed by atoms with Gasteiger partial charge >= 0.3 is 11.9 Å². The molecule has 160 valence electrons. The first-order chi connectivity index (χ1) is 14.2. The predicted octanol–water partition coefficient (Wildman–Crippen LogP) is 2.39. The van der Waals surface area contributed by atoms with Crippen molar-refractivity contribution in [3.63, 3.8) is 0 Å². The van der Waals surface area contributed by atoms with Gasteiger partial charge < -0.3 is 15.2 Å². The number of ether oxygens (including phenoxy) is 1. The zero-order valence-electron chi connectivity index (χ0n) is 15.5. The number of rotatable bonds is 7. The highest BCUT2D eigenvalue weighted by atomic mass is 35.5.